The van der Waals surface area contributed by atoms with Crippen LogP contribution in [0.3, 0.4) is 0 Å². The molecule has 0 radical (unpaired) electrons. The van der Waals surface area contributed by atoms with Crippen molar-refractivity contribution in [3.8, 4) is 11.5 Å². The Labute approximate surface area is 137 Å². The van der Waals surface area contributed by atoms with Crippen LogP contribution in [0, 0.1) is 11.6 Å². The van der Waals surface area contributed by atoms with Crippen LogP contribution in [0.25, 0.3) is 0 Å². The molecule has 1 heterocycles. The largest absolute Gasteiger partial charge is 0.454 e. The highest BCUT2D eigenvalue weighted by atomic mass is 19.1. The first-order valence-corrected chi connectivity index (χ1v) is 7.46. The monoisotopic (exact) mass is 334 g/mol. The molecule has 24 heavy (non-hydrogen) atoms. The summed E-state index contributed by atoms with van der Waals surface area (Å²) in [6, 6.07) is 8.65. The van der Waals surface area contributed by atoms with Crippen molar-refractivity contribution in [3.63, 3.8) is 0 Å². The molecule has 2 aromatic rings. The van der Waals surface area contributed by atoms with Crippen LogP contribution >= 0.6 is 0 Å². The molecule has 3 rings (SSSR count). The van der Waals surface area contributed by atoms with Gasteiger partial charge in [0.05, 0.1) is 5.69 Å². The molecule has 0 aromatic heterocycles. The number of ether oxygens (including phenoxy) is 2. The number of nitrogens with one attached hydrogen (secondary N) is 2. The minimum absolute atomic E-state index is 0.0304. The van der Waals surface area contributed by atoms with Crippen molar-refractivity contribution >= 4 is 11.6 Å². The molecule has 0 fully saturated rings. The number of anilines is 1. The third-order valence-electron chi connectivity index (χ3n) is 3.50. The van der Waals surface area contributed by atoms with Gasteiger partial charge in [0.25, 0.3) is 0 Å². The van der Waals surface area contributed by atoms with Gasteiger partial charge in [0.15, 0.2) is 11.5 Å². The predicted molar refractivity (Wildman–Crippen MR) is 83.9 cm³/mol. The van der Waals surface area contributed by atoms with Crippen molar-refractivity contribution in [3.05, 3.63) is 53.6 Å². The molecule has 5 nitrogen and oxygen atoms in total. The summed E-state index contributed by atoms with van der Waals surface area (Å²) in [5, 5.41) is 5.54. The Morgan fingerprint density at radius 1 is 1.08 bits per heavy atom. The minimum atomic E-state index is -0.795. The van der Waals surface area contributed by atoms with Gasteiger partial charge in [-0.05, 0) is 29.8 Å². The van der Waals surface area contributed by atoms with Crippen molar-refractivity contribution in [1.82, 2.24) is 5.32 Å². The summed E-state index contributed by atoms with van der Waals surface area (Å²) in [6.07, 6.45) is 0.168. The van der Waals surface area contributed by atoms with Crippen molar-refractivity contribution < 1.29 is 23.0 Å². The fourth-order valence-corrected chi connectivity index (χ4v) is 2.29. The number of rotatable bonds is 6. The van der Waals surface area contributed by atoms with Gasteiger partial charge in [0.1, 0.15) is 11.6 Å². The summed E-state index contributed by atoms with van der Waals surface area (Å²) in [5.74, 6) is -0.399. The van der Waals surface area contributed by atoms with E-state index in [9.17, 15) is 13.6 Å². The number of hydrogen-bond acceptors (Lipinski definition) is 4. The van der Waals surface area contributed by atoms with E-state index >= 15 is 0 Å². The number of hydrogen-bond donors (Lipinski definition) is 2. The standard InChI is InChI=1S/C17H16F2N2O3/c18-12-2-3-14(13(19)8-12)21-17(22)5-6-20-9-11-1-4-15-16(7-11)24-10-23-15/h1-4,7-8,20H,5-6,9-10H2,(H,21,22). The smallest absolute Gasteiger partial charge is 0.231 e. The van der Waals surface area contributed by atoms with Gasteiger partial charge in [-0.1, -0.05) is 6.07 Å². The molecule has 1 aliphatic rings. The molecule has 2 N–H and O–H groups in total. The van der Waals surface area contributed by atoms with E-state index in [2.05, 4.69) is 10.6 Å². The second-order valence-corrected chi connectivity index (χ2v) is 5.29. The highest BCUT2D eigenvalue weighted by molar-refractivity contribution is 5.90. The molecule has 0 bridgehead atoms. The van der Waals surface area contributed by atoms with Gasteiger partial charge in [0, 0.05) is 25.6 Å². The van der Waals surface area contributed by atoms with Crippen LogP contribution in [0.5, 0.6) is 11.5 Å². The number of carbonyl (C=O) groups is 1. The Morgan fingerprint density at radius 3 is 2.75 bits per heavy atom. The highest BCUT2D eigenvalue weighted by Crippen LogP contribution is 2.32. The van der Waals surface area contributed by atoms with Gasteiger partial charge >= 0.3 is 0 Å². The lowest BCUT2D eigenvalue weighted by Gasteiger charge is -2.08. The predicted octanol–water partition coefficient (Wildman–Crippen LogP) is 2.81. The molecular formula is C17H16F2N2O3. The number of halogens is 2. The van der Waals surface area contributed by atoms with E-state index in [4.69, 9.17) is 9.47 Å². The lowest BCUT2D eigenvalue weighted by molar-refractivity contribution is -0.116. The van der Waals surface area contributed by atoms with E-state index in [0.29, 0.717) is 18.8 Å². The summed E-state index contributed by atoms with van der Waals surface area (Å²) >= 11 is 0. The quantitative estimate of drug-likeness (QED) is 0.798. The molecule has 2 aromatic carbocycles. The average molecular weight is 334 g/mol. The van der Waals surface area contributed by atoms with Gasteiger partial charge < -0.3 is 20.1 Å². The maximum absolute atomic E-state index is 13.4. The number of amides is 1. The van der Waals surface area contributed by atoms with Crippen molar-refractivity contribution in [2.45, 2.75) is 13.0 Å². The van der Waals surface area contributed by atoms with E-state index in [1.807, 2.05) is 18.2 Å². The van der Waals surface area contributed by atoms with Gasteiger partial charge in [-0.25, -0.2) is 8.78 Å². The number of fused-ring (bicyclic) bond motifs is 1. The lowest BCUT2D eigenvalue weighted by atomic mass is 10.2. The maximum atomic E-state index is 13.4. The molecule has 0 aliphatic carbocycles. The first-order chi connectivity index (χ1) is 11.6. The summed E-state index contributed by atoms with van der Waals surface area (Å²) in [7, 11) is 0. The third kappa shape index (κ3) is 3.99. The first kappa shape index (κ1) is 16.2. The molecule has 0 saturated heterocycles. The van der Waals surface area contributed by atoms with E-state index in [1.54, 1.807) is 0 Å². The van der Waals surface area contributed by atoms with Crippen molar-refractivity contribution in [1.29, 1.82) is 0 Å². The van der Waals surface area contributed by atoms with Crippen LogP contribution in [0.4, 0.5) is 14.5 Å². The molecule has 126 valence electrons. The fourth-order valence-electron chi connectivity index (χ4n) is 2.29. The second kappa shape index (κ2) is 7.27. The van der Waals surface area contributed by atoms with E-state index in [-0.39, 0.29) is 24.8 Å². The zero-order valence-corrected chi connectivity index (χ0v) is 12.8. The summed E-state index contributed by atoms with van der Waals surface area (Å²) in [5.41, 5.74) is 0.974. The second-order valence-electron chi connectivity index (χ2n) is 5.29. The van der Waals surface area contributed by atoms with Crippen molar-refractivity contribution in [2.75, 3.05) is 18.7 Å². The number of benzene rings is 2. The molecular weight excluding hydrogens is 318 g/mol. The SMILES string of the molecule is O=C(CCNCc1ccc2c(c1)OCO2)Nc1ccc(F)cc1F. The Hall–Kier alpha value is -2.67. The first-order valence-electron chi connectivity index (χ1n) is 7.46. The highest BCUT2D eigenvalue weighted by Gasteiger charge is 2.13. The Kier molecular flexibility index (Phi) is 4.90. The normalized spacial score (nSPS) is 12.2. The zero-order valence-electron chi connectivity index (χ0n) is 12.8. The van der Waals surface area contributed by atoms with Crippen LogP contribution in [0.1, 0.15) is 12.0 Å². The van der Waals surface area contributed by atoms with Crippen LogP contribution in [-0.2, 0) is 11.3 Å². The number of carbonyl (C=O) groups excluding carboxylic acids is 1. The Morgan fingerprint density at radius 2 is 1.92 bits per heavy atom. The minimum Gasteiger partial charge on any atom is -0.454 e. The Bertz CT molecular complexity index is 753. The fraction of sp³-hybridized carbons (Fsp3) is 0.235. The molecule has 1 aliphatic heterocycles. The molecule has 0 spiro atoms. The van der Waals surface area contributed by atoms with Crippen molar-refractivity contribution in [2.24, 2.45) is 0 Å². The van der Waals surface area contributed by atoms with Gasteiger partial charge in [-0.15, -0.1) is 0 Å². The van der Waals surface area contributed by atoms with Crippen LogP contribution in [0.2, 0.25) is 0 Å². The van der Waals surface area contributed by atoms with Gasteiger partial charge in [-0.3, -0.25) is 4.79 Å². The summed E-state index contributed by atoms with van der Waals surface area (Å²) in [6.45, 7) is 1.21. The third-order valence-corrected chi connectivity index (χ3v) is 3.50. The van der Waals surface area contributed by atoms with E-state index in [1.165, 1.54) is 6.07 Å². The zero-order chi connectivity index (χ0) is 16.9. The van der Waals surface area contributed by atoms with Gasteiger partial charge in [-0.2, -0.15) is 0 Å². The Balaban J connectivity index is 1.42. The topological polar surface area (TPSA) is 59.6 Å². The van der Waals surface area contributed by atoms with E-state index in [0.717, 1.165) is 23.4 Å². The van der Waals surface area contributed by atoms with Crippen LogP contribution in [0.15, 0.2) is 36.4 Å². The summed E-state index contributed by atoms with van der Waals surface area (Å²) < 4.78 is 36.8. The molecule has 0 saturated carbocycles. The van der Waals surface area contributed by atoms with Crippen LogP contribution in [-0.4, -0.2) is 19.2 Å². The average Bonchev–Trinajstić information content (AvgIpc) is 3.02. The molecule has 7 heteroatoms. The van der Waals surface area contributed by atoms with E-state index < -0.39 is 11.6 Å². The van der Waals surface area contributed by atoms with Gasteiger partial charge in [0.2, 0.25) is 12.7 Å². The molecule has 0 unspecified atom stereocenters. The molecule has 1 amide bonds. The molecule has 0 atom stereocenters. The van der Waals surface area contributed by atoms with Crippen LogP contribution < -0.4 is 20.1 Å². The summed E-state index contributed by atoms with van der Waals surface area (Å²) in [4.78, 5) is 11.8. The maximum Gasteiger partial charge on any atom is 0.231 e. The lowest BCUT2D eigenvalue weighted by Crippen LogP contribution is -2.21.